The maximum Gasteiger partial charge on any atom is 0.329 e. The van der Waals surface area contributed by atoms with Crippen molar-refractivity contribution in [3.63, 3.8) is 0 Å². The Hall–Kier alpha value is -1.73. The van der Waals surface area contributed by atoms with Crippen molar-refractivity contribution in [3.8, 4) is 0 Å². The zero-order chi connectivity index (χ0) is 15.8. The Bertz CT molecular complexity index is 532. The zero-order valence-electron chi connectivity index (χ0n) is 12.6. The van der Waals surface area contributed by atoms with Crippen molar-refractivity contribution in [1.29, 1.82) is 0 Å². The molecular weight excluding hydrogens is 277 g/mol. The van der Waals surface area contributed by atoms with Crippen molar-refractivity contribution in [2.45, 2.75) is 38.9 Å². The minimum absolute atomic E-state index is 0.199. The Balaban J connectivity index is 2.36. The highest BCUT2D eigenvalue weighted by molar-refractivity contribution is 5.93. The van der Waals surface area contributed by atoms with E-state index in [4.69, 9.17) is 4.74 Å². The number of aliphatic hydroxyl groups is 1. The molecule has 0 saturated carbocycles. The highest BCUT2D eigenvalue weighted by Gasteiger charge is 2.45. The van der Waals surface area contributed by atoms with Crippen molar-refractivity contribution in [2.75, 3.05) is 18.6 Å². The fourth-order valence-electron chi connectivity index (χ4n) is 2.24. The molecule has 1 N–H and O–H groups in total. The summed E-state index contributed by atoms with van der Waals surface area (Å²) in [6.45, 7) is 4.98. The lowest BCUT2D eigenvalue weighted by atomic mass is 10.0. The van der Waals surface area contributed by atoms with Gasteiger partial charge in [0.2, 0.25) is 0 Å². The number of carbonyl (C=O) groups is 1. The van der Waals surface area contributed by atoms with Gasteiger partial charge in [-0.1, -0.05) is 0 Å². The zero-order valence-corrected chi connectivity index (χ0v) is 12.6. The molecule has 1 aromatic heterocycles. The lowest BCUT2D eigenvalue weighted by molar-refractivity contribution is -0.0688. The number of ether oxygens (including phenoxy) is 1. The van der Waals surface area contributed by atoms with Crippen LogP contribution >= 0.6 is 0 Å². The SMILES string of the molecule is CCOC1C(O)N(c2cc(C(C)(C)F)ccn2)C(=O)N1C. The number of rotatable bonds is 4. The molecule has 2 heterocycles. The molecule has 1 aliphatic heterocycles. The molecule has 2 amide bonds. The van der Waals surface area contributed by atoms with E-state index in [2.05, 4.69) is 4.98 Å². The van der Waals surface area contributed by atoms with E-state index in [0.717, 1.165) is 4.90 Å². The molecule has 2 unspecified atom stereocenters. The Kier molecular flexibility index (Phi) is 4.15. The molecule has 0 radical (unpaired) electrons. The van der Waals surface area contributed by atoms with Crippen LogP contribution in [-0.4, -0.2) is 47.1 Å². The van der Waals surface area contributed by atoms with Crippen molar-refractivity contribution >= 4 is 11.8 Å². The maximum atomic E-state index is 14.0. The number of pyridine rings is 1. The predicted molar refractivity (Wildman–Crippen MR) is 75.4 cm³/mol. The van der Waals surface area contributed by atoms with E-state index in [0.29, 0.717) is 12.2 Å². The Morgan fingerprint density at radius 2 is 2.19 bits per heavy atom. The van der Waals surface area contributed by atoms with E-state index in [1.165, 1.54) is 38.1 Å². The number of aliphatic hydroxyl groups excluding tert-OH is 1. The van der Waals surface area contributed by atoms with Gasteiger partial charge < -0.3 is 9.84 Å². The van der Waals surface area contributed by atoms with E-state index < -0.39 is 24.2 Å². The van der Waals surface area contributed by atoms with Gasteiger partial charge in [0.15, 0.2) is 12.5 Å². The first-order chi connectivity index (χ1) is 9.77. The van der Waals surface area contributed by atoms with Crippen LogP contribution in [0.15, 0.2) is 18.3 Å². The van der Waals surface area contributed by atoms with Crippen molar-refractivity contribution < 1.29 is 19.0 Å². The second-order valence-electron chi connectivity index (χ2n) is 5.40. The van der Waals surface area contributed by atoms with Crippen LogP contribution < -0.4 is 4.90 Å². The highest BCUT2D eigenvalue weighted by Crippen LogP contribution is 2.30. The second kappa shape index (κ2) is 5.57. The topological polar surface area (TPSA) is 65.9 Å². The number of anilines is 1. The van der Waals surface area contributed by atoms with Gasteiger partial charge in [0.05, 0.1) is 0 Å². The Labute approximate surface area is 123 Å². The molecular formula is C14H20FN3O3. The maximum absolute atomic E-state index is 14.0. The van der Waals surface area contributed by atoms with Crippen LogP contribution in [0, 0.1) is 0 Å². The van der Waals surface area contributed by atoms with Gasteiger partial charge in [-0.25, -0.2) is 19.1 Å². The third-order valence-electron chi connectivity index (χ3n) is 3.43. The highest BCUT2D eigenvalue weighted by atomic mass is 19.1. The molecule has 1 aliphatic rings. The minimum atomic E-state index is -1.56. The van der Waals surface area contributed by atoms with Gasteiger partial charge in [0.1, 0.15) is 11.5 Å². The molecule has 0 aliphatic carbocycles. The number of halogens is 1. The summed E-state index contributed by atoms with van der Waals surface area (Å²) in [4.78, 5) is 18.7. The van der Waals surface area contributed by atoms with Gasteiger partial charge >= 0.3 is 6.03 Å². The van der Waals surface area contributed by atoms with Crippen LogP contribution in [0.3, 0.4) is 0 Å². The monoisotopic (exact) mass is 297 g/mol. The first-order valence-corrected chi connectivity index (χ1v) is 6.78. The average molecular weight is 297 g/mol. The molecule has 1 fully saturated rings. The molecule has 0 aromatic carbocycles. The molecule has 6 nitrogen and oxygen atoms in total. The van der Waals surface area contributed by atoms with Gasteiger partial charge in [-0.15, -0.1) is 0 Å². The van der Waals surface area contributed by atoms with Crippen LogP contribution in [0.1, 0.15) is 26.3 Å². The Morgan fingerprint density at radius 3 is 2.76 bits per heavy atom. The first-order valence-electron chi connectivity index (χ1n) is 6.78. The third kappa shape index (κ3) is 2.84. The number of amides is 2. The van der Waals surface area contributed by atoms with Gasteiger partial charge in [-0.05, 0) is 38.5 Å². The quantitative estimate of drug-likeness (QED) is 0.921. The van der Waals surface area contributed by atoms with Gasteiger partial charge in [-0.3, -0.25) is 4.90 Å². The minimum Gasteiger partial charge on any atom is -0.369 e. The van der Waals surface area contributed by atoms with Gasteiger partial charge in [-0.2, -0.15) is 0 Å². The number of urea groups is 1. The number of aromatic nitrogens is 1. The van der Waals surface area contributed by atoms with Crippen molar-refractivity contribution in [2.24, 2.45) is 0 Å². The summed E-state index contributed by atoms with van der Waals surface area (Å²) in [5, 5.41) is 10.3. The summed E-state index contributed by atoms with van der Waals surface area (Å²) in [6.07, 6.45) is -0.542. The van der Waals surface area contributed by atoms with Crippen molar-refractivity contribution in [3.05, 3.63) is 23.9 Å². The molecule has 21 heavy (non-hydrogen) atoms. The first kappa shape index (κ1) is 15.7. The fourth-order valence-corrected chi connectivity index (χ4v) is 2.24. The summed E-state index contributed by atoms with van der Waals surface area (Å²) in [7, 11) is 1.54. The predicted octanol–water partition coefficient (Wildman–Crippen LogP) is 1.84. The second-order valence-corrected chi connectivity index (χ2v) is 5.40. The summed E-state index contributed by atoms with van der Waals surface area (Å²) in [5.41, 5.74) is -1.17. The molecule has 1 saturated heterocycles. The lowest BCUT2D eigenvalue weighted by Gasteiger charge is -2.22. The number of likely N-dealkylation sites (N-methyl/N-ethyl adjacent to an activating group) is 1. The van der Waals surface area contributed by atoms with E-state index >= 15 is 0 Å². The number of nitrogens with zero attached hydrogens (tertiary/aromatic N) is 3. The van der Waals surface area contributed by atoms with E-state index in [1.807, 2.05) is 0 Å². The number of alkyl halides is 1. The van der Waals surface area contributed by atoms with Gasteiger partial charge in [0, 0.05) is 19.9 Å². The number of carbonyl (C=O) groups excluding carboxylic acids is 1. The Morgan fingerprint density at radius 1 is 1.52 bits per heavy atom. The summed E-state index contributed by atoms with van der Waals surface area (Å²) in [6, 6.07) is 2.56. The van der Waals surface area contributed by atoms with E-state index in [1.54, 1.807) is 13.0 Å². The molecule has 1 aromatic rings. The van der Waals surface area contributed by atoms with Crippen molar-refractivity contribution in [1.82, 2.24) is 9.88 Å². The number of hydrogen-bond acceptors (Lipinski definition) is 4. The smallest absolute Gasteiger partial charge is 0.329 e. The molecule has 116 valence electrons. The van der Waals surface area contributed by atoms with Crippen LogP contribution in [0.5, 0.6) is 0 Å². The summed E-state index contributed by atoms with van der Waals surface area (Å²) in [5.74, 6) is 0.199. The summed E-state index contributed by atoms with van der Waals surface area (Å²) < 4.78 is 19.4. The molecule has 2 rings (SSSR count). The third-order valence-corrected chi connectivity index (χ3v) is 3.43. The normalized spacial score (nSPS) is 23.0. The summed E-state index contributed by atoms with van der Waals surface area (Å²) >= 11 is 0. The standard InChI is InChI=1S/C14H20FN3O3/c1-5-21-12-11(19)18(13(20)17(12)4)10-8-9(6-7-16-10)14(2,3)15/h6-8,11-12,19H,5H2,1-4H3. The van der Waals surface area contributed by atoms with Crippen LogP contribution in [0.4, 0.5) is 15.0 Å². The average Bonchev–Trinajstić information content (AvgIpc) is 2.62. The largest absolute Gasteiger partial charge is 0.369 e. The van der Waals surface area contributed by atoms with Crippen LogP contribution in [0.25, 0.3) is 0 Å². The van der Waals surface area contributed by atoms with E-state index in [9.17, 15) is 14.3 Å². The fraction of sp³-hybridized carbons (Fsp3) is 0.571. The molecule has 0 spiro atoms. The lowest BCUT2D eigenvalue weighted by Crippen LogP contribution is -2.38. The molecule has 2 atom stereocenters. The number of hydrogen-bond donors (Lipinski definition) is 1. The molecule has 0 bridgehead atoms. The van der Waals surface area contributed by atoms with Crippen LogP contribution in [0.2, 0.25) is 0 Å². The van der Waals surface area contributed by atoms with E-state index in [-0.39, 0.29) is 5.82 Å². The molecule has 7 heteroatoms. The van der Waals surface area contributed by atoms with Gasteiger partial charge in [0.25, 0.3) is 0 Å². The van der Waals surface area contributed by atoms with Crippen LogP contribution in [-0.2, 0) is 10.4 Å².